The zero-order chi connectivity index (χ0) is 19.3. The Morgan fingerprint density at radius 3 is 2.57 bits per heavy atom. The lowest BCUT2D eigenvalue weighted by atomic mass is 10.1. The molecule has 2 amide bonds. The molecule has 1 aromatic carbocycles. The minimum absolute atomic E-state index is 0.0302. The predicted octanol–water partition coefficient (Wildman–Crippen LogP) is 1.36. The van der Waals surface area contributed by atoms with Crippen molar-refractivity contribution >= 4 is 11.8 Å². The number of fused-ring (bicyclic) bond motifs is 1. The van der Waals surface area contributed by atoms with Crippen molar-refractivity contribution in [1.82, 2.24) is 25.3 Å². The van der Waals surface area contributed by atoms with Gasteiger partial charge in [-0.15, -0.1) is 0 Å². The van der Waals surface area contributed by atoms with Gasteiger partial charge in [-0.3, -0.25) is 14.7 Å². The van der Waals surface area contributed by atoms with Gasteiger partial charge >= 0.3 is 0 Å². The van der Waals surface area contributed by atoms with E-state index in [1.807, 2.05) is 28.0 Å². The number of aryl methyl sites for hydroxylation is 1. The van der Waals surface area contributed by atoms with Gasteiger partial charge in [0.05, 0.1) is 0 Å². The first-order valence-electron chi connectivity index (χ1n) is 10.1. The molecule has 28 heavy (non-hydrogen) atoms. The summed E-state index contributed by atoms with van der Waals surface area (Å²) >= 11 is 0. The van der Waals surface area contributed by atoms with Gasteiger partial charge in [0, 0.05) is 63.4 Å². The van der Waals surface area contributed by atoms with Gasteiger partial charge in [0.15, 0.2) is 5.69 Å². The second kappa shape index (κ2) is 8.56. The van der Waals surface area contributed by atoms with Crippen LogP contribution in [0.4, 0.5) is 0 Å². The van der Waals surface area contributed by atoms with E-state index in [-0.39, 0.29) is 11.8 Å². The quantitative estimate of drug-likeness (QED) is 0.820. The summed E-state index contributed by atoms with van der Waals surface area (Å²) in [6, 6.07) is 10.3. The molecule has 0 radical (unpaired) electrons. The average molecular weight is 381 g/mol. The van der Waals surface area contributed by atoms with E-state index < -0.39 is 0 Å². The summed E-state index contributed by atoms with van der Waals surface area (Å²) in [5.74, 6) is 0.154. The normalized spacial score (nSPS) is 16.7. The van der Waals surface area contributed by atoms with Crippen LogP contribution in [0.1, 0.15) is 40.2 Å². The Kier molecular flexibility index (Phi) is 5.71. The van der Waals surface area contributed by atoms with E-state index in [9.17, 15) is 9.59 Å². The maximum atomic E-state index is 12.9. The lowest BCUT2D eigenvalue weighted by molar-refractivity contribution is -0.132. The summed E-state index contributed by atoms with van der Waals surface area (Å²) in [7, 11) is 0. The first-order valence-corrected chi connectivity index (χ1v) is 10.1. The third-order valence-corrected chi connectivity index (χ3v) is 5.63. The summed E-state index contributed by atoms with van der Waals surface area (Å²) in [6.07, 6.45) is 3.21. The molecule has 3 heterocycles. The number of nitrogens with one attached hydrogen (secondary N) is 2. The first-order chi connectivity index (χ1) is 13.7. The van der Waals surface area contributed by atoms with E-state index in [1.54, 1.807) is 0 Å². The summed E-state index contributed by atoms with van der Waals surface area (Å²) in [4.78, 5) is 29.0. The van der Waals surface area contributed by atoms with Crippen molar-refractivity contribution in [3.8, 4) is 0 Å². The van der Waals surface area contributed by atoms with Crippen LogP contribution in [0.25, 0.3) is 0 Å². The highest BCUT2D eigenvalue weighted by molar-refractivity contribution is 5.94. The summed E-state index contributed by atoms with van der Waals surface area (Å²) in [5.41, 5.74) is 3.86. The van der Waals surface area contributed by atoms with Crippen LogP contribution in [0, 0.1) is 0 Å². The number of hydrogen-bond acceptors (Lipinski definition) is 4. The van der Waals surface area contributed by atoms with E-state index in [0.29, 0.717) is 44.8 Å². The predicted molar refractivity (Wildman–Crippen MR) is 106 cm³/mol. The zero-order valence-electron chi connectivity index (χ0n) is 16.1. The van der Waals surface area contributed by atoms with Crippen LogP contribution < -0.4 is 5.32 Å². The Balaban J connectivity index is 1.25. The van der Waals surface area contributed by atoms with Crippen LogP contribution in [0.2, 0.25) is 0 Å². The molecular weight excluding hydrogens is 354 g/mol. The number of amides is 2. The van der Waals surface area contributed by atoms with Crippen LogP contribution in [0.3, 0.4) is 0 Å². The van der Waals surface area contributed by atoms with Gasteiger partial charge in [-0.1, -0.05) is 30.3 Å². The number of aromatic amines is 1. The highest BCUT2D eigenvalue weighted by Gasteiger charge is 2.29. The van der Waals surface area contributed by atoms with Crippen molar-refractivity contribution in [2.24, 2.45) is 0 Å². The van der Waals surface area contributed by atoms with Crippen molar-refractivity contribution in [1.29, 1.82) is 0 Å². The SMILES string of the molecule is O=C(CCCc1ccccc1)N1CCN(C(=O)c2n[nH]c3c2CNCC3)CC1. The Morgan fingerprint density at radius 1 is 1.04 bits per heavy atom. The molecule has 1 fully saturated rings. The summed E-state index contributed by atoms with van der Waals surface area (Å²) < 4.78 is 0. The van der Waals surface area contributed by atoms with Crippen LogP contribution in [-0.2, 0) is 24.2 Å². The standard InChI is InChI=1S/C21H27N5O2/c27-19(8-4-7-16-5-2-1-3-6-16)25-11-13-26(14-12-25)21(28)20-17-15-22-10-9-18(17)23-24-20/h1-3,5-6,22H,4,7-15H2,(H,23,24). The molecule has 0 aliphatic carbocycles. The Labute approximate surface area is 165 Å². The second-order valence-corrected chi connectivity index (χ2v) is 7.47. The average Bonchev–Trinajstić information content (AvgIpc) is 3.18. The molecule has 2 aromatic rings. The number of piperazine rings is 1. The van der Waals surface area contributed by atoms with Crippen LogP contribution in [-0.4, -0.2) is 64.5 Å². The highest BCUT2D eigenvalue weighted by Crippen LogP contribution is 2.18. The van der Waals surface area contributed by atoms with Gasteiger partial charge in [-0.25, -0.2) is 0 Å². The molecule has 2 N–H and O–H groups in total. The van der Waals surface area contributed by atoms with Crippen molar-refractivity contribution in [3.05, 3.63) is 52.8 Å². The van der Waals surface area contributed by atoms with E-state index >= 15 is 0 Å². The molecule has 0 spiro atoms. The van der Waals surface area contributed by atoms with Crippen LogP contribution >= 0.6 is 0 Å². The number of H-pyrrole nitrogens is 1. The Hall–Kier alpha value is -2.67. The Morgan fingerprint density at radius 2 is 1.79 bits per heavy atom. The van der Waals surface area contributed by atoms with Gasteiger partial charge in [0.1, 0.15) is 0 Å². The molecule has 0 saturated carbocycles. The maximum absolute atomic E-state index is 12.9. The number of aromatic nitrogens is 2. The summed E-state index contributed by atoms with van der Waals surface area (Å²) in [6.45, 7) is 3.93. The molecule has 0 bridgehead atoms. The molecular formula is C21H27N5O2. The van der Waals surface area contributed by atoms with Crippen LogP contribution in [0.5, 0.6) is 0 Å². The van der Waals surface area contributed by atoms with Gasteiger partial charge < -0.3 is 15.1 Å². The number of benzene rings is 1. The van der Waals surface area contributed by atoms with Gasteiger partial charge in [-0.05, 0) is 18.4 Å². The van der Waals surface area contributed by atoms with Gasteiger partial charge in [0.25, 0.3) is 5.91 Å². The topological polar surface area (TPSA) is 81.3 Å². The number of nitrogens with zero attached hydrogens (tertiary/aromatic N) is 3. The maximum Gasteiger partial charge on any atom is 0.274 e. The van der Waals surface area contributed by atoms with Crippen LogP contribution in [0.15, 0.2) is 30.3 Å². The number of rotatable bonds is 5. The monoisotopic (exact) mass is 381 g/mol. The molecule has 4 rings (SSSR count). The third kappa shape index (κ3) is 4.09. The zero-order valence-corrected chi connectivity index (χ0v) is 16.1. The lowest BCUT2D eigenvalue weighted by Gasteiger charge is -2.34. The lowest BCUT2D eigenvalue weighted by Crippen LogP contribution is -2.50. The number of hydrogen-bond donors (Lipinski definition) is 2. The highest BCUT2D eigenvalue weighted by atomic mass is 16.2. The summed E-state index contributed by atoms with van der Waals surface area (Å²) in [5, 5.41) is 10.6. The molecule has 7 heteroatoms. The van der Waals surface area contributed by atoms with E-state index in [0.717, 1.165) is 37.1 Å². The molecule has 2 aliphatic heterocycles. The molecule has 148 valence electrons. The van der Waals surface area contributed by atoms with Gasteiger partial charge in [0.2, 0.25) is 5.91 Å². The van der Waals surface area contributed by atoms with E-state index in [4.69, 9.17) is 0 Å². The molecule has 1 saturated heterocycles. The number of carbonyl (C=O) groups is 2. The third-order valence-electron chi connectivity index (χ3n) is 5.63. The smallest absolute Gasteiger partial charge is 0.274 e. The fourth-order valence-corrected chi connectivity index (χ4v) is 3.96. The molecule has 0 atom stereocenters. The van der Waals surface area contributed by atoms with Crippen molar-refractivity contribution in [2.45, 2.75) is 32.2 Å². The van der Waals surface area contributed by atoms with Crippen molar-refractivity contribution in [3.63, 3.8) is 0 Å². The fraction of sp³-hybridized carbons (Fsp3) is 0.476. The van der Waals surface area contributed by atoms with Crippen molar-refractivity contribution in [2.75, 3.05) is 32.7 Å². The fourth-order valence-electron chi connectivity index (χ4n) is 3.96. The molecule has 2 aliphatic rings. The van der Waals surface area contributed by atoms with E-state index in [1.165, 1.54) is 5.56 Å². The van der Waals surface area contributed by atoms with E-state index in [2.05, 4.69) is 27.6 Å². The van der Waals surface area contributed by atoms with Crippen molar-refractivity contribution < 1.29 is 9.59 Å². The Bertz CT molecular complexity index is 825. The number of carbonyl (C=O) groups excluding carboxylic acids is 2. The first kappa shape index (κ1) is 18.7. The minimum Gasteiger partial charge on any atom is -0.339 e. The van der Waals surface area contributed by atoms with Gasteiger partial charge in [-0.2, -0.15) is 5.10 Å². The second-order valence-electron chi connectivity index (χ2n) is 7.47. The molecule has 0 unspecified atom stereocenters. The largest absolute Gasteiger partial charge is 0.339 e. The molecule has 1 aromatic heterocycles. The minimum atomic E-state index is -0.0302. The molecule has 7 nitrogen and oxygen atoms in total.